The smallest absolute Gasteiger partial charge is 0.340 e. The summed E-state index contributed by atoms with van der Waals surface area (Å²) in [5.74, 6) is 0.354. The Balaban J connectivity index is 2.07. The lowest BCUT2D eigenvalue weighted by Crippen LogP contribution is -2.24. The third-order valence-electron chi connectivity index (χ3n) is 4.64. The lowest BCUT2D eigenvalue weighted by atomic mass is 10.0. The number of nitrogens with zero attached hydrogens (tertiary/aromatic N) is 1. The summed E-state index contributed by atoms with van der Waals surface area (Å²) in [5.41, 5.74) is 2.29. The average Bonchev–Trinajstić information content (AvgIpc) is 3.01. The number of rotatable bonds is 7. The number of ether oxygens (including phenoxy) is 3. The highest BCUT2D eigenvalue weighted by atomic mass is 16.5. The van der Waals surface area contributed by atoms with E-state index in [0.717, 1.165) is 5.56 Å². The van der Waals surface area contributed by atoms with Crippen molar-refractivity contribution in [2.24, 2.45) is 0 Å². The fraction of sp³-hybridized carbons (Fsp3) is 0.167. The summed E-state index contributed by atoms with van der Waals surface area (Å²) in [6.45, 7) is 5.72. The Labute approximate surface area is 175 Å². The van der Waals surface area contributed by atoms with Crippen LogP contribution in [-0.2, 0) is 14.3 Å². The van der Waals surface area contributed by atoms with Crippen LogP contribution < -0.4 is 14.4 Å². The van der Waals surface area contributed by atoms with Crippen molar-refractivity contribution in [3.63, 3.8) is 0 Å². The lowest BCUT2D eigenvalue weighted by molar-refractivity contribution is -0.136. The van der Waals surface area contributed by atoms with E-state index in [1.165, 1.54) is 12.0 Å². The first-order chi connectivity index (χ1) is 14.5. The Kier molecular flexibility index (Phi) is 6.37. The molecule has 1 aliphatic rings. The van der Waals surface area contributed by atoms with Crippen molar-refractivity contribution in [3.8, 4) is 11.5 Å². The van der Waals surface area contributed by atoms with Crippen LogP contribution in [0.3, 0.4) is 0 Å². The van der Waals surface area contributed by atoms with Gasteiger partial charge in [-0.25, -0.2) is 4.79 Å². The minimum Gasteiger partial charge on any atom is -0.497 e. The predicted octanol–water partition coefficient (Wildman–Crippen LogP) is 4.14. The summed E-state index contributed by atoms with van der Waals surface area (Å²) in [6, 6.07) is 14.4. The number of hydrogen-bond donors (Lipinski definition) is 0. The quantitative estimate of drug-likeness (QED) is 0.394. The topological polar surface area (TPSA) is 65.1 Å². The molecular formula is C24H23NO5. The van der Waals surface area contributed by atoms with Gasteiger partial charge >= 0.3 is 5.97 Å². The van der Waals surface area contributed by atoms with Gasteiger partial charge in [0.05, 0.1) is 31.1 Å². The molecule has 154 valence electrons. The molecule has 1 amide bonds. The molecule has 0 spiro atoms. The first-order valence-electron chi connectivity index (χ1n) is 9.33. The standard InChI is InChI=1S/C24H23NO5/c1-5-12-30-20-11-6-8-17(13-20)14-21-22(24(27)29-4)16(2)25(23(21)26)18-9-7-10-19(15-18)28-3/h5-11,13-15H,1,12H2,2-4H3/b21-14-. The molecule has 30 heavy (non-hydrogen) atoms. The maximum Gasteiger partial charge on any atom is 0.340 e. The van der Waals surface area contributed by atoms with E-state index in [4.69, 9.17) is 14.2 Å². The number of hydrogen-bond acceptors (Lipinski definition) is 5. The van der Waals surface area contributed by atoms with Gasteiger partial charge in [0, 0.05) is 11.8 Å². The van der Waals surface area contributed by atoms with Crippen LogP contribution in [0, 0.1) is 0 Å². The zero-order chi connectivity index (χ0) is 21.7. The molecule has 0 saturated heterocycles. The Morgan fingerprint density at radius 3 is 2.53 bits per heavy atom. The molecule has 0 fully saturated rings. The molecule has 6 heteroatoms. The second-order valence-electron chi connectivity index (χ2n) is 6.52. The van der Waals surface area contributed by atoms with E-state index in [2.05, 4.69) is 6.58 Å². The maximum absolute atomic E-state index is 13.3. The van der Waals surface area contributed by atoms with Crippen LogP contribution >= 0.6 is 0 Å². The molecule has 1 heterocycles. The minimum absolute atomic E-state index is 0.225. The van der Waals surface area contributed by atoms with E-state index in [1.807, 2.05) is 18.2 Å². The molecule has 2 aromatic rings. The van der Waals surface area contributed by atoms with Gasteiger partial charge in [-0.3, -0.25) is 9.69 Å². The first kappa shape index (κ1) is 20.9. The van der Waals surface area contributed by atoms with E-state index in [0.29, 0.717) is 29.5 Å². The van der Waals surface area contributed by atoms with Crippen LogP contribution in [0.15, 0.2) is 78.0 Å². The van der Waals surface area contributed by atoms with Crippen LogP contribution in [0.1, 0.15) is 12.5 Å². The third kappa shape index (κ3) is 4.12. The molecule has 2 aromatic carbocycles. The second kappa shape index (κ2) is 9.13. The molecule has 1 aliphatic heterocycles. The van der Waals surface area contributed by atoms with Crippen molar-refractivity contribution < 1.29 is 23.8 Å². The fourth-order valence-electron chi connectivity index (χ4n) is 3.26. The molecular weight excluding hydrogens is 382 g/mol. The number of methoxy groups -OCH3 is 2. The minimum atomic E-state index is -0.573. The van der Waals surface area contributed by atoms with E-state index in [1.54, 1.807) is 56.5 Å². The summed E-state index contributed by atoms with van der Waals surface area (Å²) in [4.78, 5) is 27.3. The number of benzene rings is 2. The summed E-state index contributed by atoms with van der Waals surface area (Å²) in [5, 5.41) is 0. The number of esters is 1. The molecule has 0 unspecified atom stereocenters. The van der Waals surface area contributed by atoms with E-state index in [9.17, 15) is 9.59 Å². The van der Waals surface area contributed by atoms with E-state index in [-0.39, 0.29) is 17.1 Å². The van der Waals surface area contributed by atoms with Crippen molar-refractivity contribution in [1.29, 1.82) is 0 Å². The fourth-order valence-corrected chi connectivity index (χ4v) is 3.26. The van der Waals surface area contributed by atoms with Crippen LogP contribution in [-0.4, -0.2) is 32.7 Å². The van der Waals surface area contributed by atoms with Gasteiger partial charge in [0.2, 0.25) is 0 Å². The molecule has 0 saturated carbocycles. The largest absolute Gasteiger partial charge is 0.497 e. The molecule has 0 radical (unpaired) electrons. The predicted molar refractivity (Wildman–Crippen MR) is 115 cm³/mol. The molecule has 0 atom stereocenters. The Hall–Kier alpha value is -3.80. The van der Waals surface area contributed by atoms with Crippen LogP contribution in [0.5, 0.6) is 11.5 Å². The van der Waals surface area contributed by atoms with Crippen molar-refractivity contribution >= 4 is 23.6 Å². The van der Waals surface area contributed by atoms with Crippen LogP contribution in [0.4, 0.5) is 5.69 Å². The molecule has 0 bridgehead atoms. The summed E-state index contributed by atoms with van der Waals surface area (Å²) >= 11 is 0. The van der Waals surface area contributed by atoms with Gasteiger partial charge in [0.1, 0.15) is 18.1 Å². The first-order valence-corrected chi connectivity index (χ1v) is 9.33. The Morgan fingerprint density at radius 1 is 1.10 bits per heavy atom. The summed E-state index contributed by atoms with van der Waals surface area (Å²) < 4.78 is 15.8. The van der Waals surface area contributed by atoms with Gasteiger partial charge in [0.25, 0.3) is 5.91 Å². The zero-order valence-electron chi connectivity index (χ0n) is 17.2. The van der Waals surface area contributed by atoms with Crippen molar-refractivity contribution in [2.45, 2.75) is 6.92 Å². The highest BCUT2D eigenvalue weighted by Crippen LogP contribution is 2.36. The molecule has 0 N–H and O–H groups in total. The van der Waals surface area contributed by atoms with E-state index >= 15 is 0 Å². The van der Waals surface area contributed by atoms with Gasteiger partial charge in [-0.05, 0) is 42.8 Å². The molecule has 0 aromatic heterocycles. The van der Waals surface area contributed by atoms with Crippen LogP contribution in [0.2, 0.25) is 0 Å². The highest BCUT2D eigenvalue weighted by Gasteiger charge is 2.38. The SMILES string of the molecule is C=CCOc1cccc(/C=C2\C(=O)N(c3cccc(OC)c3)C(C)=C2C(=O)OC)c1. The van der Waals surface area contributed by atoms with Gasteiger partial charge in [-0.2, -0.15) is 0 Å². The molecule has 6 nitrogen and oxygen atoms in total. The Morgan fingerprint density at radius 2 is 1.83 bits per heavy atom. The maximum atomic E-state index is 13.3. The number of amides is 1. The lowest BCUT2D eigenvalue weighted by Gasteiger charge is -2.18. The zero-order valence-corrected chi connectivity index (χ0v) is 17.2. The third-order valence-corrected chi connectivity index (χ3v) is 4.64. The number of carbonyl (C=O) groups excluding carboxylic acids is 2. The second-order valence-corrected chi connectivity index (χ2v) is 6.52. The van der Waals surface area contributed by atoms with Gasteiger partial charge in [-0.1, -0.05) is 30.9 Å². The molecule has 0 aliphatic carbocycles. The van der Waals surface area contributed by atoms with Gasteiger partial charge < -0.3 is 14.2 Å². The number of anilines is 1. The van der Waals surface area contributed by atoms with E-state index < -0.39 is 5.97 Å². The summed E-state index contributed by atoms with van der Waals surface area (Å²) in [6.07, 6.45) is 3.32. The number of allylic oxidation sites excluding steroid dienone is 1. The van der Waals surface area contributed by atoms with Crippen molar-refractivity contribution in [3.05, 3.63) is 83.6 Å². The van der Waals surface area contributed by atoms with Gasteiger partial charge in [0.15, 0.2) is 0 Å². The normalized spacial score (nSPS) is 14.8. The highest BCUT2D eigenvalue weighted by molar-refractivity contribution is 6.23. The monoisotopic (exact) mass is 405 g/mol. The average molecular weight is 405 g/mol. The summed E-state index contributed by atoms with van der Waals surface area (Å²) in [7, 11) is 2.85. The molecule has 3 rings (SSSR count). The van der Waals surface area contributed by atoms with Gasteiger partial charge in [-0.15, -0.1) is 0 Å². The Bertz CT molecular complexity index is 1050. The van der Waals surface area contributed by atoms with Crippen LogP contribution in [0.25, 0.3) is 6.08 Å². The number of carbonyl (C=O) groups is 2. The van der Waals surface area contributed by atoms with Crippen molar-refractivity contribution in [2.75, 3.05) is 25.7 Å². The van der Waals surface area contributed by atoms with Crippen molar-refractivity contribution in [1.82, 2.24) is 0 Å².